The summed E-state index contributed by atoms with van der Waals surface area (Å²) >= 11 is 18.9. The van der Waals surface area contributed by atoms with E-state index in [9.17, 15) is 5.11 Å². The first-order chi connectivity index (χ1) is 8.59. The first-order valence-corrected chi connectivity index (χ1v) is 7.09. The lowest BCUT2D eigenvalue weighted by Gasteiger charge is -2.03. The standard InChI is InChI=1S/C13H9Cl3OS/c14-10-11(15)13(16)18-12(10)9(17)7-6-8-4-2-1-3-5-8/h1-7,9,17H/b7-6+. The van der Waals surface area contributed by atoms with E-state index in [0.29, 0.717) is 19.3 Å². The third-order valence-corrected chi connectivity index (χ3v) is 4.98. The lowest BCUT2D eigenvalue weighted by Crippen LogP contribution is -1.89. The van der Waals surface area contributed by atoms with Crippen LogP contribution in [0.5, 0.6) is 0 Å². The van der Waals surface area contributed by atoms with Gasteiger partial charge in [0, 0.05) is 0 Å². The fraction of sp³-hybridized carbons (Fsp3) is 0.0769. The minimum atomic E-state index is -0.812. The monoisotopic (exact) mass is 318 g/mol. The SMILES string of the molecule is OC(/C=C/c1ccccc1)c1sc(Cl)c(Cl)c1Cl. The van der Waals surface area contributed by atoms with Gasteiger partial charge in [-0.1, -0.05) is 77.3 Å². The Hall–Kier alpha value is -0.510. The number of hydrogen-bond acceptors (Lipinski definition) is 2. The van der Waals surface area contributed by atoms with Crippen LogP contribution in [0.15, 0.2) is 36.4 Å². The Balaban J connectivity index is 2.20. The predicted octanol–water partition coefficient (Wildman–Crippen LogP) is 5.46. The van der Waals surface area contributed by atoms with E-state index in [2.05, 4.69) is 0 Å². The van der Waals surface area contributed by atoms with E-state index in [1.165, 1.54) is 11.3 Å². The first kappa shape index (κ1) is 13.9. The predicted molar refractivity (Wildman–Crippen MR) is 79.8 cm³/mol. The van der Waals surface area contributed by atoms with Crippen molar-refractivity contribution < 1.29 is 5.11 Å². The molecule has 2 aromatic rings. The molecular formula is C13H9Cl3OS. The topological polar surface area (TPSA) is 20.2 Å². The molecule has 0 radical (unpaired) electrons. The van der Waals surface area contributed by atoms with Crippen LogP contribution in [0.3, 0.4) is 0 Å². The van der Waals surface area contributed by atoms with Crippen molar-refractivity contribution in [3.8, 4) is 0 Å². The molecule has 0 aliphatic carbocycles. The Morgan fingerprint density at radius 1 is 1.06 bits per heavy atom. The molecule has 1 unspecified atom stereocenters. The minimum absolute atomic E-state index is 0.297. The largest absolute Gasteiger partial charge is 0.383 e. The summed E-state index contributed by atoms with van der Waals surface area (Å²) in [6.45, 7) is 0. The van der Waals surface area contributed by atoms with Gasteiger partial charge in [-0.05, 0) is 5.56 Å². The van der Waals surface area contributed by atoms with Gasteiger partial charge in [0.2, 0.25) is 0 Å². The third-order valence-electron chi connectivity index (χ3n) is 2.32. The zero-order valence-corrected chi connectivity index (χ0v) is 12.2. The van der Waals surface area contributed by atoms with E-state index in [0.717, 1.165) is 5.56 Å². The fourth-order valence-electron chi connectivity index (χ4n) is 1.42. The maximum absolute atomic E-state index is 10.0. The summed E-state index contributed by atoms with van der Waals surface area (Å²) in [5.74, 6) is 0. The number of hydrogen-bond donors (Lipinski definition) is 1. The van der Waals surface area contributed by atoms with Crippen molar-refractivity contribution in [1.82, 2.24) is 0 Å². The van der Waals surface area contributed by atoms with Crippen LogP contribution in [-0.4, -0.2) is 5.11 Å². The molecular weight excluding hydrogens is 311 g/mol. The highest BCUT2D eigenvalue weighted by molar-refractivity contribution is 7.17. The molecule has 1 aromatic carbocycles. The van der Waals surface area contributed by atoms with Crippen molar-refractivity contribution in [2.75, 3.05) is 0 Å². The van der Waals surface area contributed by atoms with Gasteiger partial charge in [-0.2, -0.15) is 0 Å². The van der Waals surface area contributed by atoms with Crippen LogP contribution in [0.2, 0.25) is 14.4 Å². The Morgan fingerprint density at radius 2 is 1.72 bits per heavy atom. The molecule has 1 atom stereocenters. The van der Waals surface area contributed by atoms with Crippen molar-refractivity contribution in [1.29, 1.82) is 0 Å². The maximum atomic E-state index is 10.0. The molecule has 94 valence electrons. The molecule has 0 aliphatic heterocycles. The highest BCUT2D eigenvalue weighted by Gasteiger charge is 2.18. The Bertz CT molecular complexity index is 563. The molecule has 0 fully saturated rings. The highest BCUT2D eigenvalue weighted by atomic mass is 35.5. The van der Waals surface area contributed by atoms with Crippen molar-refractivity contribution in [3.63, 3.8) is 0 Å². The van der Waals surface area contributed by atoms with E-state index in [1.54, 1.807) is 6.08 Å². The van der Waals surface area contributed by atoms with Crippen LogP contribution in [0.1, 0.15) is 16.5 Å². The molecule has 2 rings (SSSR count). The van der Waals surface area contributed by atoms with Gasteiger partial charge >= 0.3 is 0 Å². The average molecular weight is 320 g/mol. The molecule has 1 heterocycles. The summed E-state index contributed by atoms with van der Waals surface area (Å²) in [5, 5.41) is 10.6. The number of aliphatic hydroxyl groups is 1. The van der Waals surface area contributed by atoms with Crippen LogP contribution in [0.4, 0.5) is 0 Å². The van der Waals surface area contributed by atoms with E-state index in [1.807, 2.05) is 36.4 Å². The van der Waals surface area contributed by atoms with Crippen molar-refractivity contribution in [3.05, 3.63) is 61.2 Å². The van der Waals surface area contributed by atoms with Gasteiger partial charge in [-0.25, -0.2) is 0 Å². The van der Waals surface area contributed by atoms with Crippen molar-refractivity contribution in [2.24, 2.45) is 0 Å². The third kappa shape index (κ3) is 3.08. The van der Waals surface area contributed by atoms with E-state index >= 15 is 0 Å². The summed E-state index contributed by atoms with van der Waals surface area (Å²) in [6.07, 6.45) is 2.66. The second-order valence-electron chi connectivity index (χ2n) is 3.58. The second-order valence-corrected chi connectivity index (χ2v) is 5.99. The van der Waals surface area contributed by atoms with Crippen LogP contribution < -0.4 is 0 Å². The lowest BCUT2D eigenvalue weighted by atomic mass is 10.2. The van der Waals surface area contributed by atoms with Gasteiger partial charge < -0.3 is 5.11 Å². The number of thiophene rings is 1. The van der Waals surface area contributed by atoms with Crippen LogP contribution in [-0.2, 0) is 0 Å². The number of benzene rings is 1. The number of aliphatic hydroxyl groups excluding tert-OH is 1. The van der Waals surface area contributed by atoms with Crippen LogP contribution in [0.25, 0.3) is 6.08 Å². The smallest absolute Gasteiger partial charge is 0.113 e. The molecule has 0 bridgehead atoms. The Kier molecular flexibility index (Phi) is 4.71. The summed E-state index contributed by atoms with van der Waals surface area (Å²) in [7, 11) is 0. The van der Waals surface area contributed by atoms with Gasteiger partial charge in [-0.3, -0.25) is 0 Å². The molecule has 1 nitrogen and oxygen atoms in total. The van der Waals surface area contributed by atoms with E-state index in [-0.39, 0.29) is 0 Å². The highest BCUT2D eigenvalue weighted by Crippen LogP contribution is 2.43. The van der Waals surface area contributed by atoms with Gasteiger partial charge in [0.15, 0.2) is 0 Å². The van der Waals surface area contributed by atoms with E-state index < -0.39 is 6.10 Å². The van der Waals surface area contributed by atoms with Crippen LogP contribution in [0, 0.1) is 0 Å². The van der Waals surface area contributed by atoms with Crippen molar-refractivity contribution in [2.45, 2.75) is 6.10 Å². The second kappa shape index (κ2) is 6.09. The molecule has 0 amide bonds. The average Bonchev–Trinajstić information content (AvgIpc) is 2.65. The summed E-state index contributed by atoms with van der Waals surface area (Å²) < 4.78 is 0.392. The normalized spacial score (nSPS) is 13.1. The molecule has 18 heavy (non-hydrogen) atoms. The molecule has 0 saturated carbocycles. The quantitative estimate of drug-likeness (QED) is 0.797. The summed E-state index contributed by atoms with van der Waals surface area (Å²) in [4.78, 5) is 0.554. The maximum Gasteiger partial charge on any atom is 0.113 e. The zero-order chi connectivity index (χ0) is 13.1. The molecule has 0 aliphatic rings. The lowest BCUT2D eigenvalue weighted by molar-refractivity contribution is 0.233. The molecule has 1 N–H and O–H groups in total. The molecule has 5 heteroatoms. The van der Waals surface area contributed by atoms with Crippen molar-refractivity contribution >= 4 is 52.2 Å². The van der Waals surface area contributed by atoms with Gasteiger partial charge in [-0.15, -0.1) is 11.3 Å². The van der Waals surface area contributed by atoms with Gasteiger partial charge in [0.1, 0.15) is 10.4 Å². The van der Waals surface area contributed by atoms with E-state index in [4.69, 9.17) is 34.8 Å². The Labute approximate surface area is 124 Å². The number of halogens is 3. The minimum Gasteiger partial charge on any atom is -0.383 e. The first-order valence-electron chi connectivity index (χ1n) is 5.14. The van der Waals surface area contributed by atoms with Gasteiger partial charge in [0.25, 0.3) is 0 Å². The molecule has 1 aromatic heterocycles. The number of rotatable bonds is 3. The molecule has 0 saturated heterocycles. The fourth-order valence-corrected chi connectivity index (χ4v) is 3.24. The van der Waals surface area contributed by atoms with Crippen LogP contribution >= 0.6 is 46.1 Å². The molecule has 0 spiro atoms. The Morgan fingerprint density at radius 3 is 2.28 bits per heavy atom. The summed E-state index contributed by atoms with van der Waals surface area (Å²) in [6, 6.07) is 9.68. The summed E-state index contributed by atoms with van der Waals surface area (Å²) in [5.41, 5.74) is 1.00. The van der Waals surface area contributed by atoms with Gasteiger partial charge in [0.05, 0.1) is 14.9 Å². The zero-order valence-electron chi connectivity index (χ0n) is 9.11.